The molecule has 0 atom stereocenters. The molecule has 0 aliphatic heterocycles. The highest BCUT2D eigenvalue weighted by atomic mass is 16.5. The molecule has 17 heavy (non-hydrogen) atoms. The van der Waals surface area contributed by atoms with Crippen LogP contribution < -0.4 is 10.6 Å². The predicted molar refractivity (Wildman–Crippen MR) is 65.3 cm³/mol. The third-order valence-corrected chi connectivity index (χ3v) is 1.96. The van der Waals surface area contributed by atoms with E-state index in [0.29, 0.717) is 17.8 Å². The van der Waals surface area contributed by atoms with Gasteiger partial charge in [0.25, 0.3) is 0 Å². The zero-order valence-electron chi connectivity index (χ0n) is 10.1. The van der Waals surface area contributed by atoms with Crippen molar-refractivity contribution in [2.24, 2.45) is 0 Å². The van der Waals surface area contributed by atoms with Crippen molar-refractivity contribution in [3.8, 4) is 0 Å². The van der Waals surface area contributed by atoms with E-state index in [1.807, 2.05) is 13.0 Å². The van der Waals surface area contributed by atoms with Crippen LogP contribution in [-0.4, -0.2) is 21.2 Å². The lowest BCUT2D eigenvalue weighted by molar-refractivity contribution is 0.400. The molecular formula is C11H15N5O. The minimum atomic E-state index is 0.326. The van der Waals surface area contributed by atoms with Crippen LogP contribution in [0.1, 0.15) is 19.6 Å². The second kappa shape index (κ2) is 4.82. The monoisotopic (exact) mass is 233 g/mol. The molecule has 0 aliphatic carbocycles. The van der Waals surface area contributed by atoms with Crippen molar-refractivity contribution >= 4 is 17.6 Å². The average molecular weight is 233 g/mol. The molecule has 90 valence electrons. The van der Waals surface area contributed by atoms with Gasteiger partial charge in [0.1, 0.15) is 11.6 Å². The van der Waals surface area contributed by atoms with Gasteiger partial charge in [-0.15, -0.1) is 0 Å². The first kappa shape index (κ1) is 11.4. The van der Waals surface area contributed by atoms with Gasteiger partial charge in [-0.1, -0.05) is 5.16 Å². The Labute approximate surface area is 99.5 Å². The molecule has 6 nitrogen and oxygen atoms in total. The fourth-order valence-electron chi connectivity index (χ4n) is 1.33. The van der Waals surface area contributed by atoms with Crippen LogP contribution in [0.5, 0.6) is 0 Å². The fraction of sp³-hybridized carbons (Fsp3) is 0.364. The van der Waals surface area contributed by atoms with Gasteiger partial charge in [-0.25, -0.2) is 4.98 Å². The minimum Gasteiger partial charge on any atom is -0.368 e. The third kappa shape index (κ3) is 3.17. The summed E-state index contributed by atoms with van der Waals surface area (Å²) in [6.45, 7) is 5.93. The van der Waals surface area contributed by atoms with Gasteiger partial charge in [0.05, 0.1) is 0 Å². The van der Waals surface area contributed by atoms with Crippen LogP contribution in [0, 0.1) is 6.92 Å². The molecule has 0 fully saturated rings. The summed E-state index contributed by atoms with van der Waals surface area (Å²) >= 11 is 0. The molecule has 0 unspecified atom stereocenters. The standard InChI is InChI=1S/C11H15N5O/c1-7(2)13-9-4-5-12-11(14-9)15-10-6-8(3)17-16-10/h4-7H,1-3H3,(H2,12,13,14,15,16). The van der Waals surface area contributed by atoms with Gasteiger partial charge >= 0.3 is 0 Å². The van der Waals surface area contributed by atoms with Crippen molar-refractivity contribution in [3.63, 3.8) is 0 Å². The van der Waals surface area contributed by atoms with Crippen molar-refractivity contribution in [3.05, 3.63) is 24.1 Å². The smallest absolute Gasteiger partial charge is 0.230 e. The molecule has 2 rings (SSSR count). The second-order valence-electron chi connectivity index (χ2n) is 4.01. The summed E-state index contributed by atoms with van der Waals surface area (Å²) in [6, 6.07) is 3.93. The molecule has 0 radical (unpaired) electrons. The van der Waals surface area contributed by atoms with E-state index in [-0.39, 0.29) is 0 Å². The molecule has 2 N–H and O–H groups in total. The van der Waals surface area contributed by atoms with Gasteiger partial charge in [-0.05, 0) is 26.8 Å². The highest BCUT2D eigenvalue weighted by Crippen LogP contribution is 2.14. The molecule has 0 bridgehead atoms. The van der Waals surface area contributed by atoms with Crippen molar-refractivity contribution < 1.29 is 4.52 Å². The first-order chi connectivity index (χ1) is 8.13. The Hall–Kier alpha value is -2.11. The Kier molecular flexibility index (Phi) is 3.22. The van der Waals surface area contributed by atoms with E-state index in [4.69, 9.17) is 4.52 Å². The molecule has 0 saturated heterocycles. The molecular weight excluding hydrogens is 218 g/mol. The lowest BCUT2D eigenvalue weighted by Gasteiger charge is -2.09. The van der Waals surface area contributed by atoms with E-state index in [1.165, 1.54) is 0 Å². The molecule has 0 amide bonds. The molecule has 6 heteroatoms. The number of aromatic nitrogens is 3. The van der Waals surface area contributed by atoms with Crippen molar-refractivity contribution in [2.75, 3.05) is 10.6 Å². The molecule has 0 saturated carbocycles. The molecule has 0 spiro atoms. The lowest BCUT2D eigenvalue weighted by atomic mass is 10.4. The highest BCUT2D eigenvalue weighted by molar-refractivity contribution is 5.49. The van der Waals surface area contributed by atoms with Crippen molar-refractivity contribution in [2.45, 2.75) is 26.8 Å². The Morgan fingerprint density at radius 3 is 2.76 bits per heavy atom. The van der Waals surface area contributed by atoms with Crippen LogP contribution in [0.4, 0.5) is 17.6 Å². The van der Waals surface area contributed by atoms with Crippen LogP contribution >= 0.6 is 0 Å². The summed E-state index contributed by atoms with van der Waals surface area (Å²) in [4.78, 5) is 8.41. The van der Waals surface area contributed by atoms with Gasteiger partial charge in [0.2, 0.25) is 5.95 Å². The summed E-state index contributed by atoms with van der Waals surface area (Å²) in [5, 5.41) is 9.99. The zero-order chi connectivity index (χ0) is 12.3. The van der Waals surface area contributed by atoms with Crippen molar-refractivity contribution in [1.82, 2.24) is 15.1 Å². The van der Waals surface area contributed by atoms with E-state index >= 15 is 0 Å². The van der Waals surface area contributed by atoms with E-state index in [2.05, 4.69) is 39.6 Å². The first-order valence-electron chi connectivity index (χ1n) is 5.43. The molecule has 2 aromatic heterocycles. The van der Waals surface area contributed by atoms with E-state index in [9.17, 15) is 0 Å². The van der Waals surface area contributed by atoms with Crippen LogP contribution in [0.3, 0.4) is 0 Å². The summed E-state index contributed by atoms with van der Waals surface area (Å²) in [7, 11) is 0. The predicted octanol–water partition coefficient (Wildman–Crippen LogP) is 2.34. The highest BCUT2D eigenvalue weighted by Gasteiger charge is 2.04. The maximum atomic E-state index is 4.95. The van der Waals surface area contributed by atoms with Crippen LogP contribution in [0.2, 0.25) is 0 Å². The summed E-state index contributed by atoms with van der Waals surface area (Å²) in [6.07, 6.45) is 1.69. The maximum Gasteiger partial charge on any atom is 0.230 e. The normalized spacial score (nSPS) is 10.6. The quantitative estimate of drug-likeness (QED) is 0.844. The Bertz CT molecular complexity index is 494. The SMILES string of the molecule is Cc1cc(Nc2nccc(NC(C)C)n2)no1. The second-order valence-corrected chi connectivity index (χ2v) is 4.01. The van der Waals surface area contributed by atoms with Gasteiger partial charge in [-0.2, -0.15) is 4.98 Å². The number of hydrogen-bond acceptors (Lipinski definition) is 6. The van der Waals surface area contributed by atoms with E-state index < -0.39 is 0 Å². The van der Waals surface area contributed by atoms with Gasteiger partial charge in [-0.3, -0.25) is 0 Å². The number of rotatable bonds is 4. The molecule has 0 aromatic carbocycles. The summed E-state index contributed by atoms with van der Waals surface area (Å²) in [5.74, 6) is 2.61. The minimum absolute atomic E-state index is 0.326. The summed E-state index contributed by atoms with van der Waals surface area (Å²) < 4.78 is 4.95. The van der Waals surface area contributed by atoms with E-state index in [1.54, 1.807) is 12.3 Å². The Morgan fingerprint density at radius 2 is 2.12 bits per heavy atom. The topological polar surface area (TPSA) is 75.9 Å². The fourth-order valence-corrected chi connectivity index (χ4v) is 1.33. The lowest BCUT2D eigenvalue weighted by Crippen LogP contribution is -2.11. The number of nitrogens with one attached hydrogen (secondary N) is 2. The largest absolute Gasteiger partial charge is 0.368 e. The van der Waals surface area contributed by atoms with Gasteiger partial charge < -0.3 is 15.2 Å². The third-order valence-electron chi connectivity index (χ3n) is 1.96. The molecule has 0 aliphatic rings. The zero-order valence-corrected chi connectivity index (χ0v) is 10.1. The Balaban J connectivity index is 2.10. The van der Waals surface area contributed by atoms with Crippen LogP contribution in [-0.2, 0) is 0 Å². The van der Waals surface area contributed by atoms with Crippen molar-refractivity contribution in [1.29, 1.82) is 0 Å². The number of nitrogens with zero attached hydrogens (tertiary/aromatic N) is 3. The van der Waals surface area contributed by atoms with E-state index in [0.717, 1.165) is 11.6 Å². The number of aryl methyl sites for hydroxylation is 1. The Morgan fingerprint density at radius 1 is 1.29 bits per heavy atom. The number of anilines is 3. The molecule has 2 aromatic rings. The average Bonchev–Trinajstić information content (AvgIpc) is 2.63. The number of hydrogen-bond donors (Lipinski definition) is 2. The van der Waals surface area contributed by atoms with Gasteiger partial charge in [0.15, 0.2) is 5.82 Å². The van der Waals surface area contributed by atoms with Gasteiger partial charge in [0, 0.05) is 18.3 Å². The maximum absolute atomic E-state index is 4.95. The molecule has 2 heterocycles. The van der Waals surface area contributed by atoms with Crippen LogP contribution in [0.15, 0.2) is 22.9 Å². The first-order valence-corrected chi connectivity index (χ1v) is 5.43. The summed E-state index contributed by atoms with van der Waals surface area (Å²) in [5.41, 5.74) is 0. The van der Waals surface area contributed by atoms with Crippen LogP contribution in [0.25, 0.3) is 0 Å².